The number of nitrogens with one attached hydrogen (secondary N) is 1. The number of carboxylic acid groups (broad SMARTS) is 1. The second-order valence-electron chi connectivity index (χ2n) is 5.03. The monoisotopic (exact) mass is 376 g/mol. The molecule has 26 heavy (non-hydrogen) atoms. The van der Waals surface area contributed by atoms with Gasteiger partial charge in [-0.05, 0) is 6.07 Å². The molecule has 0 saturated carbocycles. The highest BCUT2D eigenvalue weighted by Crippen LogP contribution is 2.40. The number of ether oxygens (including phenoxy) is 3. The van der Waals surface area contributed by atoms with Crippen LogP contribution in [-0.4, -0.2) is 39.0 Å². The van der Waals surface area contributed by atoms with Gasteiger partial charge >= 0.3 is 0 Å². The van der Waals surface area contributed by atoms with Gasteiger partial charge in [-0.15, -0.1) is 11.8 Å². The number of benzene rings is 2. The number of carbonyl (C=O) groups excluding carboxylic acids is 2. The highest BCUT2D eigenvalue weighted by atomic mass is 32.2. The summed E-state index contributed by atoms with van der Waals surface area (Å²) in [5, 5.41) is 13.8. The van der Waals surface area contributed by atoms with E-state index in [1.54, 1.807) is 30.3 Å². The molecule has 1 N–H and O–H groups in total. The molecule has 2 aromatic carbocycles. The summed E-state index contributed by atoms with van der Waals surface area (Å²) in [6.07, 6.45) is 0. The van der Waals surface area contributed by atoms with Gasteiger partial charge in [0.05, 0.1) is 33.1 Å². The van der Waals surface area contributed by atoms with Gasteiger partial charge in [0, 0.05) is 28.3 Å². The molecule has 0 atom stereocenters. The zero-order valence-electron chi connectivity index (χ0n) is 14.5. The number of hydrogen-bond donors (Lipinski definition) is 1. The SMILES string of the molecule is COc1cc(NC(=O)CSc2ccccc2C(=O)[O-])cc(OC)c1OC. The Kier molecular flexibility index (Phi) is 6.74. The van der Waals surface area contributed by atoms with Crippen LogP contribution >= 0.6 is 11.8 Å². The van der Waals surface area contributed by atoms with Crippen molar-refractivity contribution in [1.82, 2.24) is 0 Å². The molecule has 0 saturated heterocycles. The van der Waals surface area contributed by atoms with Crippen molar-refractivity contribution in [1.29, 1.82) is 0 Å². The average Bonchev–Trinajstić information content (AvgIpc) is 2.65. The van der Waals surface area contributed by atoms with E-state index in [0.29, 0.717) is 27.8 Å². The first-order chi connectivity index (χ1) is 12.5. The van der Waals surface area contributed by atoms with Crippen LogP contribution in [0.25, 0.3) is 0 Å². The van der Waals surface area contributed by atoms with Gasteiger partial charge in [0.2, 0.25) is 11.7 Å². The predicted octanol–water partition coefficient (Wildman–Crippen LogP) is 1.81. The third-order valence-electron chi connectivity index (χ3n) is 3.41. The largest absolute Gasteiger partial charge is 0.545 e. The van der Waals surface area contributed by atoms with Crippen molar-refractivity contribution in [2.75, 3.05) is 32.4 Å². The van der Waals surface area contributed by atoms with Gasteiger partial charge in [0.25, 0.3) is 0 Å². The molecule has 0 aliphatic rings. The number of thioether (sulfide) groups is 1. The summed E-state index contributed by atoms with van der Waals surface area (Å²) in [4.78, 5) is 23.8. The summed E-state index contributed by atoms with van der Waals surface area (Å²) in [6, 6.07) is 9.59. The Morgan fingerprint density at radius 2 is 1.65 bits per heavy atom. The van der Waals surface area contributed by atoms with E-state index in [4.69, 9.17) is 14.2 Å². The lowest BCUT2D eigenvalue weighted by Crippen LogP contribution is -2.23. The van der Waals surface area contributed by atoms with E-state index >= 15 is 0 Å². The van der Waals surface area contributed by atoms with Crippen LogP contribution in [0.15, 0.2) is 41.3 Å². The smallest absolute Gasteiger partial charge is 0.234 e. The molecule has 1 amide bonds. The van der Waals surface area contributed by atoms with Crippen molar-refractivity contribution >= 4 is 29.3 Å². The van der Waals surface area contributed by atoms with Crippen molar-refractivity contribution in [3.63, 3.8) is 0 Å². The highest BCUT2D eigenvalue weighted by Gasteiger charge is 2.15. The molecule has 0 heterocycles. The van der Waals surface area contributed by atoms with Gasteiger partial charge in [0.15, 0.2) is 11.5 Å². The molecular formula is C18H18NO6S-. The second-order valence-corrected chi connectivity index (χ2v) is 6.05. The van der Waals surface area contributed by atoms with E-state index in [2.05, 4.69) is 5.32 Å². The number of amides is 1. The molecule has 2 rings (SSSR count). The number of carboxylic acids is 1. The normalized spacial score (nSPS) is 10.1. The van der Waals surface area contributed by atoms with Gasteiger partial charge in [-0.25, -0.2) is 0 Å². The molecule has 0 spiro atoms. The van der Waals surface area contributed by atoms with Gasteiger partial charge < -0.3 is 29.4 Å². The van der Waals surface area contributed by atoms with Gasteiger partial charge in [0.1, 0.15) is 0 Å². The van der Waals surface area contributed by atoms with Crippen molar-refractivity contribution in [2.45, 2.75) is 4.90 Å². The Morgan fingerprint density at radius 1 is 1.04 bits per heavy atom. The summed E-state index contributed by atoms with van der Waals surface area (Å²) in [7, 11) is 4.45. The quantitative estimate of drug-likeness (QED) is 0.702. The zero-order chi connectivity index (χ0) is 19.1. The van der Waals surface area contributed by atoms with Gasteiger partial charge in [-0.3, -0.25) is 4.79 Å². The number of rotatable bonds is 8. The van der Waals surface area contributed by atoms with E-state index in [1.165, 1.54) is 27.4 Å². The maximum Gasteiger partial charge on any atom is 0.234 e. The summed E-state index contributed by atoms with van der Waals surface area (Å²) in [5.41, 5.74) is 0.524. The van der Waals surface area contributed by atoms with Gasteiger partial charge in [-0.2, -0.15) is 0 Å². The molecule has 0 unspecified atom stereocenters. The van der Waals surface area contributed by atoms with Crippen LogP contribution in [0.1, 0.15) is 10.4 Å². The molecule has 0 fully saturated rings. The summed E-state index contributed by atoms with van der Waals surface area (Å²) in [5.74, 6) is -0.309. The van der Waals surface area contributed by atoms with Crippen LogP contribution < -0.4 is 24.6 Å². The molecule has 8 heteroatoms. The van der Waals surface area contributed by atoms with E-state index in [1.807, 2.05) is 0 Å². The van der Waals surface area contributed by atoms with Crippen molar-refractivity contribution in [2.24, 2.45) is 0 Å². The maximum absolute atomic E-state index is 12.2. The van der Waals surface area contributed by atoms with Crippen LogP contribution in [0.5, 0.6) is 17.2 Å². The number of hydrogen-bond acceptors (Lipinski definition) is 7. The molecular weight excluding hydrogens is 358 g/mol. The molecule has 2 aromatic rings. The summed E-state index contributed by atoms with van der Waals surface area (Å²) in [6.45, 7) is 0. The van der Waals surface area contributed by atoms with Crippen molar-refractivity contribution in [3.05, 3.63) is 42.0 Å². The van der Waals surface area contributed by atoms with E-state index in [9.17, 15) is 14.7 Å². The van der Waals surface area contributed by atoms with E-state index < -0.39 is 5.97 Å². The lowest BCUT2D eigenvalue weighted by Gasteiger charge is -2.15. The minimum Gasteiger partial charge on any atom is -0.545 e. The summed E-state index contributed by atoms with van der Waals surface area (Å²) >= 11 is 1.11. The van der Waals surface area contributed by atoms with Crippen LogP contribution in [0.2, 0.25) is 0 Å². The molecule has 0 aromatic heterocycles. The summed E-state index contributed by atoms with van der Waals surface area (Å²) < 4.78 is 15.7. The molecule has 138 valence electrons. The molecule has 7 nitrogen and oxygen atoms in total. The Morgan fingerprint density at radius 3 is 2.19 bits per heavy atom. The van der Waals surface area contributed by atoms with Crippen molar-refractivity contribution in [3.8, 4) is 17.2 Å². The molecule has 0 aliphatic heterocycles. The molecule has 0 bridgehead atoms. The first kappa shape index (κ1) is 19.5. The number of aromatic carboxylic acids is 1. The van der Waals surface area contributed by atoms with Crippen LogP contribution in [0, 0.1) is 0 Å². The average molecular weight is 376 g/mol. The minimum atomic E-state index is -1.28. The first-order valence-electron chi connectivity index (χ1n) is 7.53. The fourth-order valence-electron chi connectivity index (χ4n) is 2.25. The fourth-order valence-corrected chi connectivity index (χ4v) is 3.10. The van der Waals surface area contributed by atoms with Crippen LogP contribution in [-0.2, 0) is 4.79 Å². The lowest BCUT2D eigenvalue weighted by atomic mass is 10.2. The lowest BCUT2D eigenvalue weighted by molar-refractivity contribution is -0.255. The predicted molar refractivity (Wildman–Crippen MR) is 96.2 cm³/mol. The molecule has 0 aliphatic carbocycles. The third kappa shape index (κ3) is 4.60. The number of carbonyl (C=O) groups is 2. The first-order valence-corrected chi connectivity index (χ1v) is 8.51. The van der Waals surface area contributed by atoms with Crippen LogP contribution in [0.3, 0.4) is 0 Å². The standard InChI is InChI=1S/C18H19NO6S/c1-23-13-8-11(9-14(24-2)17(13)25-3)19-16(20)10-26-15-7-5-4-6-12(15)18(21)22/h4-9H,10H2,1-3H3,(H,19,20)(H,21,22)/p-1. The van der Waals surface area contributed by atoms with E-state index in [0.717, 1.165) is 11.8 Å². The Bertz CT molecular complexity index is 783. The minimum absolute atomic E-state index is 0.0287. The van der Waals surface area contributed by atoms with E-state index in [-0.39, 0.29) is 17.2 Å². The third-order valence-corrected chi connectivity index (χ3v) is 4.49. The maximum atomic E-state index is 12.2. The fraction of sp³-hybridized carbons (Fsp3) is 0.222. The Balaban J connectivity index is 2.10. The second kappa shape index (κ2) is 9.00. The van der Waals surface area contributed by atoms with Crippen molar-refractivity contribution < 1.29 is 28.9 Å². The Labute approximate surface area is 155 Å². The number of anilines is 1. The van der Waals surface area contributed by atoms with Crippen LogP contribution in [0.4, 0.5) is 5.69 Å². The highest BCUT2D eigenvalue weighted by molar-refractivity contribution is 8.00. The van der Waals surface area contributed by atoms with Gasteiger partial charge in [-0.1, -0.05) is 18.2 Å². The zero-order valence-corrected chi connectivity index (χ0v) is 15.3. The Hall–Kier alpha value is -2.87. The number of methoxy groups -OCH3 is 3. The molecule has 0 radical (unpaired) electrons. The topological polar surface area (TPSA) is 96.9 Å².